The Bertz CT molecular complexity index is 594. The molecule has 104 valence electrons. The molecule has 3 rings (SSSR count). The molecule has 0 fully saturated rings. The summed E-state index contributed by atoms with van der Waals surface area (Å²) in [6, 6.07) is 15.4. The number of nitrogens with one attached hydrogen (secondary N) is 1. The van der Waals surface area contributed by atoms with E-state index >= 15 is 0 Å². The number of hydrogen-bond donors (Lipinski definition) is 1. The van der Waals surface area contributed by atoms with Gasteiger partial charge in [0.05, 0.1) is 0 Å². The molecule has 1 atom stereocenters. The summed E-state index contributed by atoms with van der Waals surface area (Å²) in [6.07, 6.45) is 2.26. The molecule has 1 unspecified atom stereocenters. The van der Waals surface area contributed by atoms with Gasteiger partial charge in [-0.1, -0.05) is 24.3 Å². The highest BCUT2D eigenvalue weighted by Gasteiger charge is 2.23. The van der Waals surface area contributed by atoms with Crippen LogP contribution in [0.4, 0.5) is 0 Å². The SMILES string of the molecule is CNC1CCc2c(OCc3ccc(I)cc3)cccc21. The van der Waals surface area contributed by atoms with E-state index in [1.54, 1.807) is 0 Å². The van der Waals surface area contributed by atoms with Crippen LogP contribution in [-0.2, 0) is 13.0 Å². The highest BCUT2D eigenvalue weighted by atomic mass is 127. The van der Waals surface area contributed by atoms with E-state index < -0.39 is 0 Å². The third-order valence-corrected chi connectivity index (χ3v) is 4.60. The molecule has 1 aliphatic rings. The Morgan fingerprint density at radius 1 is 1.20 bits per heavy atom. The fourth-order valence-corrected chi connectivity index (χ4v) is 3.16. The van der Waals surface area contributed by atoms with E-state index in [0.717, 1.165) is 18.6 Å². The predicted octanol–water partition coefficient (Wildman–Crippen LogP) is 4.08. The van der Waals surface area contributed by atoms with Crippen LogP contribution in [0.3, 0.4) is 0 Å². The molecule has 0 aromatic heterocycles. The quantitative estimate of drug-likeness (QED) is 0.809. The van der Waals surface area contributed by atoms with Crippen LogP contribution in [0.15, 0.2) is 42.5 Å². The summed E-state index contributed by atoms with van der Waals surface area (Å²) in [7, 11) is 2.03. The zero-order chi connectivity index (χ0) is 13.9. The van der Waals surface area contributed by atoms with Gasteiger partial charge < -0.3 is 10.1 Å². The second-order valence-corrected chi connectivity index (χ2v) is 6.36. The highest BCUT2D eigenvalue weighted by Crippen LogP contribution is 2.36. The maximum Gasteiger partial charge on any atom is 0.123 e. The first-order valence-electron chi connectivity index (χ1n) is 6.94. The van der Waals surface area contributed by atoms with Crippen LogP contribution in [-0.4, -0.2) is 7.05 Å². The molecule has 0 saturated heterocycles. The van der Waals surface area contributed by atoms with Gasteiger partial charge >= 0.3 is 0 Å². The van der Waals surface area contributed by atoms with E-state index in [2.05, 4.69) is 70.4 Å². The molecule has 0 amide bonds. The Morgan fingerprint density at radius 2 is 2.00 bits per heavy atom. The number of hydrogen-bond acceptors (Lipinski definition) is 2. The molecule has 2 aromatic carbocycles. The summed E-state index contributed by atoms with van der Waals surface area (Å²) in [5.41, 5.74) is 3.98. The summed E-state index contributed by atoms with van der Waals surface area (Å²) in [5.74, 6) is 1.04. The highest BCUT2D eigenvalue weighted by molar-refractivity contribution is 14.1. The van der Waals surface area contributed by atoms with E-state index in [-0.39, 0.29) is 0 Å². The fourth-order valence-electron chi connectivity index (χ4n) is 2.80. The minimum absolute atomic E-state index is 0.479. The third kappa shape index (κ3) is 2.83. The van der Waals surface area contributed by atoms with Gasteiger partial charge in [0.1, 0.15) is 12.4 Å². The molecule has 0 bridgehead atoms. The molecule has 0 saturated carbocycles. The largest absolute Gasteiger partial charge is 0.489 e. The van der Waals surface area contributed by atoms with Crippen LogP contribution in [0, 0.1) is 3.57 Å². The van der Waals surface area contributed by atoms with Gasteiger partial charge in [0.15, 0.2) is 0 Å². The normalized spacial score (nSPS) is 17.0. The molecular formula is C17H18INO. The van der Waals surface area contributed by atoms with Crippen LogP contribution in [0.25, 0.3) is 0 Å². The van der Waals surface area contributed by atoms with Gasteiger partial charge in [-0.05, 0) is 77.4 Å². The molecule has 0 spiro atoms. The van der Waals surface area contributed by atoms with Crippen molar-refractivity contribution in [2.45, 2.75) is 25.5 Å². The lowest BCUT2D eigenvalue weighted by atomic mass is 10.1. The molecule has 20 heavy (non-hydrogen) atoms. The average Bonchev–Trinajstić information content (AvgIpc) is 2.90. The Kier molecular flexibility index (Phi) is 4.27. The lowest BCUT2D eigenvalue weighted by molar-refractivity contribution is 0.303. The van der Waals surface area contributed by atoms with Crippen LogP contribution in [0.5, 0.6) is 5.75 Å². The van der Waals surface area contributed by atoms with Gasteiger partial charge in [-0.3, -0.25) is 0 Å². The van der Waals surface area contributed by atoms with Crippen molar-refractivity contribution in [3.63, 3.8) is 0 Å². The first kappa shape index (κ1) is 13.9. The number of rotatable bonds is 4. The van der Waals surface area contributed by atoms with Crippen LogP contribution in [0.1, 0.15) is 29.2 Å². The molecule has 0 heterocycles. The van der Waals surface area contributed by atoms with E-state index in [1.807, 2.05) is 7.05 Å². The molecule has 2 aromatic rings. The van der Waals surface area contributed by atoms with Crippen molar-refractivity contribution < 1.29 is 4.74 Å². The molecule has 3 heteroatoms. The van der Waals surface area contributed by atoms with Crippen molar-refractivity contribution in [3.05, 3.63) is 62.7 Å². The number of ether oxygens (including phenoxy) is 1. The van der Waals surface area contributed by atoms with Crippen molar-refractivity contribution in [3.8, 4) is 5.75 Å². The summed E-state index contributed by atoms with van der Waals surface area (Å²) in [5, 5.41) is 3.37. The smallest absolute Gasteiger partial charge is 0.123 e. The number of fused-ring (bicyclic) bond motifs is 1. The van der Waals surface area contributed by atoms with E-state index in [1.165, 1.54) is 20.3 Å². The first-order valence-corrected chi connectivity index (χ1v) is 8.02. The Hall–Kier alpha value is -1.07. The molecule has 1 N–H and O–H groups in total. The maximum atomic E-state index is 6.04. The second-order valence-electron chi connectivity index (χ2n) is 5.12. The van der Waals surface area contributed by atoms with E-state index in [4.69, 9.17) is 4.74 Å². The van der Waals surface area contributed by atoms with Crippen molar-refractivity contribution in [2.75, 3.05) is 7.05 Å². The Labute approximate surface area is 133 Å². The Balaban J connectivity index is 1.75. The standard InChI is InChI=1S/C17H18INO/c1-19-16-10-9-15-14(16)3-2-4-17(15)20-11-12-5-7-13(18)8-6-12/h2-8,16,19H,9-11H2,1H3. The van der Waals surface area contributed by atoms with E-state index in [0.29, 0.717) is 12.6 Å². The molecule has 0 aliphatic heterocycles. The van der Waals surface area contributed by atoms with Gasteiger partial charge in [0.2, 0.25) is 0 Å². The second kappa shape index (κ2) is 6.14. The topological polar surface area (TPSA) is 21.3 Å². The van der Waals surface area contributed by atoms with Crippen LogP contribution >= 0.6 is 22.6 Å². The van der Waals surface area contributed by atoms with Crippen molar-refractivity contribution in [1.82, 2.24) is 5.32 Å². The number of halogens is 1. The van der Waals surface area contributed by atoms with Gasteiger partial charge in [0.25, 0.3) is 0 Å². The van der Waals surface area contributed by atoms with Crippen molar-refractivity contribution in [2.24, 2.45) is 0 Å². The summed E-state index contributed by atoms with van der Waals surface area (Å²) >= 11 is 2.32. The van der Waals surface area contributed by atoms with Gasteiger partial charge in [-0.25, -0.2) is 0 Å². The van der Waals surface area contributed by atoms with Crippen LogP contribution in [0.2, 0.25) is 0 Å². The molecule has 2 nitrogen and oxygen atoms in total. The summed E-state index contributed by atoms with van der Waals surface area (Å²) in [6.45, 7) is 0.637. The van der Waals surface area contributed by atoms with Gasteiger partial charge in [0, 0.05) is 9.61 Å². The molecular weight excluding hydrogens is 361 g/mol. The van der Waals surface area contributed by atoms with Gasteiger partial charge in [-0.2, -0.15) is 0 Å². The Morgan fingerprint density at radius 3 is 2.75 bits per heavy atom. The average molecular weight is 379 g/mol. The third-order valence-electron chi connectivity index (χ3n) is 3.88. The van der Waals surface area contributed by atoms with E-state index in [9.17, 15) is 0 Å². The molecule has 0 radical (unpaired) electrons. The summed E-state index contributed by atoms with van der Waals surface area (Å²) < 4.78 is 7.29. The summed E-state index contributed by atoms with van der Waals surface area (Å²) in [4.78, 5) is 0. The monoisotopic (exact) mass is 379 g/mol. The zero-order valence-corrected chi connectivity index (χ0v) is 13.7. The first-order chi connectivity index (χ1) is 9.78. The minimum Gasteiger partial charge on any atom is -0.489 e. The zero-order valence-electron chi connectivity index (χ0n) is 11.5. The van der Waals surface area contributed by atoms with Crippen LogP contribution < -0.4 is 10.1 Å². The number of benzene rings is 2. The predicted molar refractivity (Wildman–Crippen MR) is 90.1 cm³/mol. The lowest BCUT2D eigenvalue weighted by Gasteiger charge is -2.13. The van der Waals surface area contributed by atoms with Crippen molar-refractivity contribution >= 4 is 22.6 Å². The van der Waals surface area contributed by atoms with Crippen molar-refractivity contribution in [1.29, 1.82) is 0 Å². The minimum atomic E-state index is 0.479. The maximum absolute atomic E-state index is 6.04. The molecule has 1 aliphatic carbocycles. The lowest BCUT2D eigenvalue weighted by Crippen LogP contribution is -2.12. The van der Waals surface area contributed by atoms with Gasteiger partial charge in [-0.15, -0.1) is 0 Å². The fraction of sp³-hybridized carbons (Fsp3) is 0.294.